The van der Waals surface area contributed by atoms with E-state index in [9.17, 15) is 14.7 Å². The Morgan fingerprint density at radius 1 is 1.17 bits per heavy atom. The molecule has 116 valence electrons. The van der Waals surface area contributed by atoms with Gasteiger partial charge in [-0.1, -0.05) is 23.7 Å². The Labute approximate surface area is 145 Å². The third-order valence-corrected chi connectivity index (χ3v) is 5.07. The van der Waals surface area contributed by atoms with Gasteiger partial charge in [0, 0.05) is 15.8 Å². The first kappa shape index (κ1) is 15.7. The van der Waals surface area contributed by atoms with Gasteiger partial charge in [-0.05, 0) is 29.1 Å². The van der Waals surface area contributed by atoms with Crippen LogP contribution in [0, 0.1) is 0 Å². The van der Waals surface area contributed by atoms with Gasteiger partial charge in [0.25, 0.3) is 5.91 Å². The normalized spacial score (nSPS) is 10.5. The Hall–Kier alpha value is -2.15. The maximum absolute atomic E-state index is 12.1. The van der Waals surface area contributed by atoms with E-state index >= 15 is 0 Å². The molecule has 1 amide bonds. The number of carbonyl (C=O) groups excluding carboxylic acids is 1. The van der Waals surface area contributed by atoms with Gasteiger partial charge >= 0.3 is 5.97 Å². The Bertz CT molecular complexity index is 871. The van der Waals surface area contributed by atoms with Crippen molar-refractivity contribution in [3.8, 4) is 10.4 Å². The zero-order valence-electron chi connectivity index (χ0n) is 11.6. The molecule has 7 heteroatoms. The van der Waals surface area contributed by atoms with Crippen molar-refractivity contribution in [1.29, 1.82) is 0 Å². The third-order valence-electron chi connectivity index (χ3n) is 3.12. The quantitative estimate of drug-likeness (QED) is 0.679. The van der Waals surface area contributed by atoms with Crippen molar-refractivity contribution in [3.63, 3.8) is 0 Å². The summed E-state index contributed by atoms with van der Waals surface area (Å²) in [5, 5.41) is 17.8. The summed E-state index contributed by atoms with van der Waals surface area (Å²) in [4.78, 5) is 24.3. The fraction of sp³-hybridized carbons (Fsp3) is 0. The number of rotatable bonds is 4. The highest BCUT2D eigenvalue weighted by Crippen LogP contribution is 2.37. The number of hydrogen-bond donors (Lipinski definition) is 2. The number of hydrogen-bond acceptors (Lipinski definition) is 4. The molecular formula is C16H10ClNO3S2. The second-order valence-corrected chi connectivity index (χ2v) is 6.73. The summed E-state index contributed by atoms with van der Waals surface area (Å²) >= 11 is 8.63. The van der Waals surface area contributed by atoms with Gasteiger partial charge in [-0.15, -0.1) is 11.3 Å². The van der Waals surface area contributed by atoms with Crippen molar-refractivity contribution >= 4 is 51.8 Å². The van der Waals surface area contributed by atoms with Crippen molar-refractivity contribution in [1.82, 2.24) is 0 Å². The number of carboxylic acids is 1. The van der Waals surface area contributed by atoms with Crippen molar-refractivity contribution in [3.05, 3.63) is 62.6 Å². The largest absolute Gasteiger partial charge is 0.478 e. The molecule has 4 nitrogen and oxygen atoms in total. The summed E-state index contributed by atoms with van der Waals surface area (Å²) in [6.07, 6.45) is 0. The second-order valence-electron chi connectivity index (χ2n) is 4.64. The first-order chi connectivity index (χ1) is 11.1. The van der Waals surface area contributed by atoms with E-state index in [2.05, 4.69) is 5.32 Å². The van der Waals surface area contributed by atoms with E-state index in [1.54, 1.807) is 46.5 Å². The molecule has 2 heterocycles. The Morgan fingerprint density at radius 3 is 2.65 bits per heavy atom. The van der Waals surface area contributed by atoms with Crippen LogP contribution < -0.4 is 5.32 Å². The lowest BCUT2D eigenvalue weighted by Gasteiger charge is -2.05. The predicted octanol–water partition coefficient (Wildman–Crippen LogP) is 5.08. The monoisotopic (exact) mass is 363 g/mol. The number of halogens is 1. The zero-order chi connectivity index (χ0) is 16.4. The Balaban J connectivity index is 1.99. The topological polar surface area (TPSA) is 66.4 Å². The summed E-state index contributed by atoms with van der Waals surface area (Å²) in [6.45, 7) is 0. The Kier molecular flexibility index (Phi) is 4.47. The van der Waals surface area contributed by atoms with Crippen molar-refractivity contribution in [2.75, 3.05) is 5.32 Å². The van der Waals surface area contributed by atoms with Crippen LogP contribution in [0.1, 0.15) is 20.7 Å². The van der Waals surface area contributed by atoms with E-state index < -0.39 is 5.97 Å². The average Bonchev–Trinajstić information content (AvgIpc) is 3.16. The fourth-order valence-electron chi connectivity index (χ4n) is 2.09. The van der Waals surface area contributed by atoms with Gasteiger partial charge in [0.05, 0.1) is 16.1 Å². The number of anilines is 1. The Morgan fingerprint density at radius 2 is 2.00 bits per heavy atom. The second kappa shape index (κ2) is 6.54. The summed E-state index contributed by atoms with van der Waals surface area (Å²) in [5.41, 5.74) is 1.56. The lowest BCUT2D eigenvalue weighted by Crippen LogP contribution is -2.13. The number of nitrogens with one attached hydrogen (secondary N) is 1. The molecule has 0 saturated carbocycles. The van der Waals surface area contributed by atoms with E-state index in [1.165, 1.54) is 22.7 Å². The molecule has 1 aromatic carbocycles. The average molecular weight is 364 g/mol. The summed E-state index contributed by atoms with van der Waals surface area (Å²) in [5.74, 6) is -1.42. The van der Waals surface area contributed by atoms with Crippen LogP contribution in [-0.4, -0.2) is 17.0 Å². The maximum Gasteiger partial charge on any atom is 0.339 e. The molecule has 23 heavy (non-hydrogen) atoms. The molecule has 0 atom stereocenters. The highest BCUT2D eigenvalue weighted by atomic mass is 35.5. The van der Waals surface area contributed by atoms with E-state index in [0.717, 1.165) is 0 Å². The molecule has 0 aliphatic carbocycles. The van der Waals surface area contributed by atoms with E-state index in [-0.39, 0.29) is 17.2 Å². The molecule has 0 fully saturated rings. The molecule has 3 aromatic rings. The van der Waals surface area contributed by atoms with Crippen LogP contribution in [0.3, 0.4) is 0 Å². The minimum Gasteiger partial charge on any atom is -0.478 e. The number of thiophene rings is 2. The van der Waals surface area contributed by atoms with Gasteiger partial charge in [0.1, 0.15) is 5.56 Å². The van der Waals surface area contributed by atoms with Crippen LogP contribution in [0.5, 0.6) is 0 Å². The number of carbonyl (C=O) groups is 2. The summed E-state index contributed by atoms with van der Waals surface area (Å²) in [7, 11) is 0. The minimum absolute atomic E-state index is 0.0702. The molecule has 0 bridgehead atoms. The predicted molar refractivity (Wildman–Crippen MR) is 94.0 cm³/mol. The van der Waals surface area contributed by atoms with Crippen molar-refractivity contribution in [2.45, 2.75) is 0 Å². The zero-order valence-corrected chi connectivity index (χ0v) is 14.0. The molecule has 0 aliphatic heterocycles. The molecule has 0 saturated heterocycles. The standard InChI is InChI=1S/C16H10ClNO3S2/c17-11-3-1-2-9(6-11)14-13(16(20)21)12(8-23-14)18-15(19)10-4-5-22-7-10/h1-8H,(H,18,19)(H,20,21). The van der Waals surface area contributed by atoms with E-state index in [4.69, 9.17) is 11.6 Å². The smallest absolute Gasteiger partial charge is 0.339 e. The number of amides is 1. The van der Waals surface area contributed by atoms with Crippen LogP contribution in [-0.2, 0) is 0 Å². The van der Waals surface area contributed by atoms with Crippen LogP contribution in [0.2, 0.25) is 5.02 Å². The number of carboxylic acid groups (broad SMARTS) is 1. The molecule has 2 N–H and O–H groups in total. The minimum atomic E-state index is -1.10. The molecule has 0 aliphatic rings. The lowest BCUT2D eigenvalue weighted by atomic mass is 10.1. The number of aromatic carboxylic acids is 1. The molecule has 3 rings (SSSR count). The molecule has 0 spiro atoms. The molecule has 2 aromatic heterocycles. The van der Waals surface area contributed by atoms with Crippen LogP contribution in [0.15, 0.2) is 46.5 Å². The van der Waals surface area contributed by atoms with Crippen molar-refractivity contribution < 1.29 is 14.7 Å². The SMILES string of the molecule is O=C(Nc1csc(-c2cccc(Cl)c2)c1C(=O)O)c1ccsc1. The van der Waals surface area contributed by atoms with Gasteiger partial charge in [-0.3, -0.25) is 4.79 Å². The van der Waals surface area contributed by atoms with Gasteiger partial charge in [-0.2, -0.15) is 11.3 Å². The summed E-state index contributed by atoms with van der Waals surface area (Å²) < 4.78 is 0. The lowest BCUT2D eigenvalue weighted by molar-refractivity contribution is 0.0699. The molecule has 0 radical (unpaired) electrons. The molecular weight excluding hydrogens is 354 g/mol. The van der Waals surface area contributed by atoms with Crippen LogP contribution in [0.25, 0.3) is 10.4 Å². The maximum atomic E-state index is 12.1. The van der Waals surface area contributed by atoms with Gasteiger partial charge in [0.15, 0.2) is 0 Å². The first-order valence-electron chi connectivity index (χ1n) is 6.50. The van der Waals surface area contributed by atoms with Gasteiger partial charge < -0.3 is 10.4 Å². The van der Waals surface area contributed by atoms with Crippen molar-refractivity contribution in [2.24, 2.45) is 0 Å². The van der Waals surface area contributed by atoms with E-state index in [1.807, 2.05) is 0 Å². The first-order valence-corrected chi connectivity index (χ1v) is 8.70. The van der Waals surface area contributed by atoms with Gasteiger partial charge in [0.2, 0.25) is 0 Å². The van der Waals surface area contributed by atoms with Crippen LogP contribution >= 0.6 is 34.3 Å². The number of benzene rings is 1. The third kappa shape index (κ3) is 3.29. The highest BCUT2D eigenvalue weighted by molar-refractivity contribution is 7.14. The van der Waals surface area contributed by atoms with Gasteiger partial charge in [-0.25, -0.2) is 4.79 Å². The summed E-state index contributed by atoms with van der Waals surface area (Å²) in [6, 6.07) is 8.65. The van der Waals surface area contributed by atoms with E-state index in [0.29, 0.717) is 21.0 Å². The molecule has 0 unspecified atom stereocenters. The van der Waals surface area contributed by atoms with Crippen LogP contribution in [0.4, 0.5) is 5.69 Å². The fourth-order valence-corrected chi connectivity index (χ4v) is 3.91. The highest BCUT2D eigenvalue weighted by Gasteiger charge is 2.21.